The Balaban J connectivity index is 1.97. The molecule has 0 saturated heterocycles. The van der Waals surface area contributed by atoms with Crippen LogP contribution in [0.4, 0.5) is 0 Å². The van der Waals surface area contributed by atoms with Gasteiger partial charge in [0, 0.05) is 22.3 Å². The van der Waals surface area contributed by atoms with Gasteiger partial charge in [0.25, 0.3) is 0 Å². The quantitative estimate of drug-likeness (QED) is 0.745. The predicted octanol–water partition coefficient (Wildman–Crippen LogP) is 4.76. The standard InChI is InChI=1S/C15H20BrN3S2/c1-4-14-18-15(21-19-14)20-12-6-5-11(13(16)7-12)9-17-8-10(2)3/h5-7,10,17H,4,8-9H2,1-3H3. The molecule has 6 heteroatoms. The maximum absolute atomic E-state index is 4.49. The number of hydrogen-bond donors (Lipinski definition) is 1. The average molecular weight is 386 g/mol. The summed E-state index contributed by atoms with van der Waals surface area (Å²) >= 11 is 6.80. The Morgan fingerprint density at radius 1 is 1.38 bits per heavy atom. The van der Waals surface area contributed by atoms with Crippen molar-refractivity contribution in [3.63, 3.8) is 0 Å². The van der Waals surface area contributed by atoms with Crippen molar-refractivity contribution in [1.82, 2.24) is 14.7 Å². The molecule has 2 rings (SSSR count). The predicted molar refractivity (Wildman–Crippen MR) is 94.1 cm³/mol. The van der Waals surface area contributed by atoms with E-state index in [0.29, 0.717) is 5.92 Å². The molecule has 21 heavy (non-hydrogen) atoms. The molecule has 0 fully saturated rings. The summed E-state index contributed by atoms with van der Waals surface area (Å²) in [5.41, 5.74) is 1.28. The van der Waals surface area contributed by atoms with E-state index in [0.717, 1.165) is 34.1 Å². The third-order valence-corrected chi connectivity index (χ3v) is 5.38. The van der Waals surface area contributed by atoms with E-state index in [2.05, 4.69) is 69.6 Å². The smallest absolute Gasteiger partial charge is 0.174 e. The fourth-order valence-electron chi connectivity index (χ4n) is 1.75. The van der Waals surface area contributed by atoms with Crippen LogP contribution in [0.25, 0.3) is 0 Å². The van der Waals surface area contributed by atoms with Crippen LogP contribution in [0.2, 0.25) is 0 Å². The van der Waals surface area contributed by atoms with Gasteiger partial charge in [0.15, 0.2) is 4.34 Å². The van der Waals surface area contributed by atoms with E-state index in [1.165, 1.54) is 22.0 Å². The van der Waals surface area contributed by atoms with E-state index in [1.807, 2.05) is 0 Å². The third-order valence-electron chi connectivity index (χ3n) is 2.86. The Kier molecular flexibility index (Phi) is 6.67. The van der Waals surface area contributed by atoms with Crippen molar-refractivity contribution in [3.05, 3.63) is 34.1 Å². The Morgan fingerprint density at radius 2 is 2.19 bits per heavy atom. The minimum Gasteiger partial charge on any atom is -0.312 e. The van der Waals surface area contributed by atoms with Gasteiger partial charge in [0.2, 0.25) is 0 Å². The van der Waals surface area contributed by atoms with Gasteiger partial charge in [-0.2, -0.15) is 4.37 Å². The highest BCUT2D eigenvalue weighted by Crippen LogP contribution is 2.32. The molecule has 0 spiro atoms. The summed E-state index contributed by atoms with van der Waals surface area (Å²) in [4.78, 5) is 5.68. The van der Waals surface area contributed by atoms with Gasteiger partial charge in [-0.15, -0.1) is 0 Å². The zero-order valence-corrected chi connectivity index (χ0v) is 15.7. The molecule has 114 valence electrons. The van der Waals surface area contributed by atoms with Crippen LogP contribution >= 0.6 is 39.2 Å². The first-order chi connectivity index (χ1) is 10.1. The molecule has 0 aliphatic heterocycles. The van der Waals surface area contributed by atoms with Crippen LogP contribution in [0.1, 0.15) is 32.2 Å². The molecule has 0 aliphatic carbocycles. The maximum Gasteiger partial charge on any atom is 0.174 e. The Labute approximate surface area is 143 Å². The fourth-order valence-corrected chi connectivity index (χ4v) is 4.14. The first kappa shape index (κ1) is 16.9. The highest BCUT2D eigenvalue weighted by atomic mass is 79.9. The molecular formula is C15H20BrN3S2. The molecule has 2 aromatic rings. The van der Waals surface area contributed by atoms with Crippen LogP contribution < -0.4 is 5.32 Å². The lowest BCUT2D eigenvalue weighted by atomic mass is 10.2. The second-order valence-electron chi connectivity index (χ2n) is 5.21. The summed E-state index contributed by atoms with van der Waals surface area (Å²) in [5.74, 6) is 1.60. The Morgan fingerprint density at radius 3 is 2.81 bits per heavy atom. The molecule has 0 aliphatic rings. The highest BCUT2D eigenvalue weighted by Gasteiger charge is 2.07. The molecule has 0 saturated carbocycles. The van der Waals surface area contributed by atoms with Crippen LogP contribution in [0, 0.1) is 5.92 Å². The van der Waals surface area contributed by atoms with Crippen LogP contribution in [0.5, 0.6) is 0 Å². The van der Waals surface area contributed by atoms with Crippen LogP contribution in [-0.2, 0) is 13.0 Å². The molecule has 1 aromatic carbocycles. The van der Waals surface area contributed by atoms with Gasteiger partial charge in [-0.05, 0) is 41.7 Å². The van der Waals surface area contributed by atoms with Crippen molar-refractivity contribution in [2.45, 2.75) is 43.0 Å². The van der Waals surface area contributed by atoms with E-state index in [4.69, 9.17) is 0 Å². The molecule has 0 bridgehead atoms. The van der Waals surface area contributed by atoms with Crippen molar-refractivity contribution < 1.29 is 0 Å². The third kappa shape index (κ3) is 5.36. The van der Waals surface area contributed by atoms with Gasteiger partial charge in [-0.25, -0.2) is 4.98 Å². The van der Waals surface area contributed by atoms with E-state index >= 15 is 0 Å². The first-order valence-corrected chi connectivity index (χ1v) is 9.46. The van der Waals surface area contributed by atoms with Crippen molar-refractivity contribution in [2.75, 3.05) is 6.54 Å². The number of aromatic nitrogens is 2. The van der Waals surface area contributed by atoms with Crippen LogP contribution in [-0.4, -0.2) is 15.9 Å². The molecule has 1 heterocycles. The largest absolute Gasteiger partial charge is 0.312 e. The van der Waals surface area contributed by atoms with Crippen LogP contribution in [0.3, 0.4) is 0 Å². The van der Waals surface area contributed by atoms with Gasteiger partial charge in [-0.1, -0.05) is 54.5 Å². The van der Waals surface area contributed by atoms with Crippen LogP contribution in [0.15, 0.2) is 31.9 Å². The van der Waals surface area contributed by atoms with Crippen molar-refractivity contribution in [2.24, 2.45) is 5.92 Å². The SMILES string of the molecule is CCc1nsc(Sc2ccc(CNCC(C)C)c(Br)c2)n1. The second kappa shape index (κ2) is 8.27. The fraction of sp³-hybridized carbons (Fsp3) is 0.467. The number of aryl methyl sites for hydroxylation is 1. The summed E-state index contributed by atoms with van der Waals surface area (Å²) in [7, 11) is 0. The summed E-state index contributed by atoms with van der Waals surface area (Å²) in [6, 6.07) is 6.47. The first-order valence-electron chi connectivity index (χ1n) is 7.08. The van der Waals surface area contributed by atoms with E-state index < -0.39 is 0 Å². The van der Waals surface area contributed by atoms with Crippen molar-refractivity contribution in [3.8, 4) is 0 Å². The minimum atomic E-state index is 0.670. The molecule has 0 amide bonds. The lowest BCUT2D eigenvalue weighted by molar-refractivity contribution is 0.551. The van der Waals surface area contributed by atoms with Crippen molar-refractivity contribution >= 4 is 39.2 Å². The van der Waals surface area contributed by atoms with Gasteiger partial charge >= 0.3 is 0 Å². The van der Waals surface area contributed by atoms with Gasteiger partial charge < -0.3 is 5.32 Å². The van der Waals surface area contributed by atoms with Crippen molar-refractivity contribution in [1.29, 1.82) is 0 Å². The molecular weight excluding hydrogens is 366 g/mol. The molecule has 0 radical (unpaired) electrons. The lowest BCUT2D eigenvalue weighted by Gasteiger charge is -2.10. The average Bonchev–Trinajstić information content (AvgIpc) is 2.88. The highest BCUT2D eigenvalue weighted by molar-refractivity contribution is 9.10. The summed E-state index contributed by atoms with van der Waals surface area (Å²) < 4.78 is 6.46. The minimum absolute atomic E-state index is 0.670. The number of benzene rings is 1. The summed E-state index contributed by atoms with van der Waals surface area (Å²) in [5, 5.41) is 3.46. The van der Waals surface area contributed by atoms with E-state index in [-0.39, 0.29) is 0 Å². The topological polar surface area (TPSA) is 37.8 Å². The summed E-state index contributed by atoms with van der Waals surface area (Å²) in [6.07, 6.45) is 0.890. The number of nitrogens with zero attached hydrogens (tertiary/aromatic N) is 2. The van der Waals surface area contributed by atoms with Gasteiger partial charge in [0.1, 0.15) is 5.82 Å². The van der Waals surface area contributed by atoms with E-state index in [9.17, 15) is 0 Å². The van der Waals surface area contributed by atoms with E-state index in [1.54, 1.807) is 11.8 Å². The molecule has 0 unspecified atom stereocenters. The number of halogens is 1. The van der Waals surface area contributed by atoms with Gasteiger partial charge in [-0.3, -0.25) is 0 Å². The summed E-state index contributed by atoms with van der Waals surface area (Å²) in [6.45, 7) is 8.44. The normalized spacial score (nSPS) is 11.3. The Bertz CT molecular complexity index is 584. The Hall–Kier alpha value is -0.430. The maximum atomic E-state index is 4.49. The number of nitrogens with one attached hydrogen (secondary N) is 1. The zero-order chi connectivity index (χ0) is 15.2. The molecule has 1 aromatic heterocycles. The molecule has 1 N–H and O–H groups in total. The molecule has 3 nitrogen and oxygen atoms in total. The second-order valence-corrected chi connectivity index (χ2v) is 8.14. The number of hydrogen-bond acceptors (Lipinski definition) is 5. The monoisotopic (exact) mass is 385 g/mol. The number of rotatable bonds is 7. The lowest BCUT2D eigenvalue weighted by Crippen LogP contribution is -2.19. The van der Waals surface area contributed by atoms with Gasteiger partial charge in [0.05, 0.1) is 0 Å². The molecule has 0 atom stereocenters. The zero-order valence-electron chi connectivity index (χ0n) is 12.5.